The lowest BCUT2D eigenvalue weighted by molar-refractivity contribution is 0.0730. The molecule has 1 N–H and O–H groups in total. The maximum Gasteiger partial charge on any atom is 0.254 e. The molecule has 0 bridgehead atoms. The van der Waals surface area contributed by atoms with Gasteiger partial charge in [0.25, 0.3) is 5.91 Å². The highest BCUT2D eigenvalue weighted by Crippen LogP contribution is 2.33. The lowest BCUT2D eigenvalue weighted by atomic mass is 9.95. The number of benzene rings is 1. The summed E-state index contributed by atoms with van der Waals surface area (Å²) in [4.78, 5) is 19.4. The predicted octanol–water partition coefficient (Wildman–Crippen LogP) is 1.91. The Hall–Kier alpha value is -1.94. The SMILES string of the molecule is CC1C2CNCC2CN1C(=O)c1ccnc2ccccc12. The Morgan fingerprint density at radius 1 is 1.29 bits per heavy atom. The number of hydrogen-bond acceptors (Lipinski definition) is 3. The third kappa shape index (κ3) is 1.94. The summed E-state index contributed by atoms with van der Waals surface area (Å²) in [5.74, 6) is 1.36. The van der Waals surface area contributed by atoms with Crippen LogP contribution in [0.1, 0.15) is 17.3 Å². The molecule has 2 aliphatic heterocycles. The van der Waals surface area contributed by atoms with Gasteiger partial charge in [-0.3, -0.25) is 9.78 Å². The number of rotatable bonds is 1. The van der Waals surface area contributed by atoms with Gasteiger partial charge >= 0.3 is 0 Å². The number of carbonyl (C=O) groups excluding carboxylic acids is 1. The van der Waals surface area contributed by atoms with Crippen LogP contribution in [0, 0.1) is 11.8 Å². The molecule has 0 aliphatic carbocycles. The van der Waals surface area contributed by atoms with E-state index in [1.165, 1.54) is 0 Å². The highest BCUT2D eigenvalue weighted by Gasteiger charge is 2.43. The van der Waals surface area contributed by atoms with E-state index in [0.29, 0.717) is 17.9 Å². The molecule has 3 atom stereocenters. The Balaban J connectivity index is 1.71. The maximum absolute atomic E-state index is 13.0. The molecule has 108 valence electrons. The fourth-order valence-corrected chi connectivity index (χ4v) is 3.87. The summed E-state index contributed by atoms with van der Waals surface area (Å²) in [6.45, 7) is 5.12. The van der Waals surface area contributed by atoms with Gasteiger partial charge in [0, 0.05) is 37.3 Å². The quantitative estimate of drug-likeness (QED) is 0.868. The van der Waals surface area contributed by atoms with Crippen molar-refractivity contribution in [3.05, 3.63) is 42.1 Å². The van der Waals surface area contributed by atoms with Crippen molar-refractivity contribution < 1.29 is 4.79 Å². The summed E-state index contributed by atoms with van der Waals surface area (Å²) in [7, 11) is 0. The number of aromatic nitrogens is 1. The average molecular weight is 281 g/mol. The number of nitrogens with one attached hydrogen (secondary N) is 1. The molecular weight excluding hydrogens is 262 g/mol. The first-order valence-electron chi connectivity index (χ1n) is 7.61. The van der Waals surface area contributed by atoms with Crippen LogP contribution in [-0.4, -0.2) is 41.5 Å². The summed E-state index contributed by atoms with van der Waals surface area (Å²) < 4.78 is 0. The first kappa shape index (κ1) is 12.8. The number of amides is 1. The van der Waals surface area contributed by atoms with Crippen molar-refractivity contribution >= 4 is 16.8 Å². The van der Waals surface area contributed by atoms with Gasteiger partial charge in [-0.05, 0) is 30.9 Å². The van der Waals surface area contributed by atoms with Gasteiger partial charge in [0.1, 0.15) is 0 Å². The summed E-state index contributed by atoms with van der Waals surface area (Å²) in [5, 5.41) is 4.39. The van der Waals surface area contributed by atoms with E-state index >= 15 is 0 Å². The average Bonchev–Trinajstić information content (AvgIpc) is 3.09. The number of para-hydroxylation sites is 1. The zero-order chi connectivity index (χ0) is 14.4. The van der Waals surface area contributed by atoms with E-state index in [1.54, 1.807) is 6.20 Å². The summed E-state index contributed by atoms with van der Waals surface area (Å²) in [6.07, 6.45) is 1.73. The van der Waals surface area contributed by atoms with E-state index in [-0.39, 0.29) is 5.91 Å². The summed E-state index contributed by atoms with van der Waals surface area (Å²) >= 11 is 0. The van der Waals surface area contributed by atoms with Gasteiger partial charge in [-0.1, -0.05) is 18.2 Å². The lowest BCUT2D eigenvalue weighted by Crippen LogP contribution is -2.38. The Kier molecular flexibility index (Phi) is 2.93. The van der Waals surface area contributed by atoms with Crippen LogP contribution in [0.3, 0.4) is 0 Å². The zero-order valence-electron chi connectivity index (χ0n) is 12.1. The molecule has 0 spiro atoms. The van der Waals surface area contributed by atoms with Crippen molar-refractivity contribution in [1.82, 2.24) is 15.2 Å². The van der Waals surface area contributed by atoms with E-state index in [0.717, 1.165) is 36.1 Å². The Morgan fingerprint density at radius 2 is 2.14 bits per heavy atom. The van der Waals surface area contributed by atoms with Crippen LogP contribution in [-0.2, 0) is 0 Å². The second-order valence-corrected chi connectivity index (χ2v) is 6.16. The first-order chi connectivity index (χ1) is 10.3. The fraction of sp³-hybridized carbons (Fsp3) is 0.412. The Labute approximate surface area is 124 Å². The predicted molar refractivity (Wildman–Crippen MR) is 82.1 cm³/mol. The van der Waals surface area contributed by atoms with Gasteiger partial charge in [-0.2, -0.15) is 0 Å². The van der Waals surface area contributed by atoms with Crippen molar-refractivity contribution in [2.24, 2.45) is 11.8 Å². The lowest BCUT2D eigenvalue weighted by Gasteiger charge is -2.25. The Bertz CT molecular complexity index is 694. The third-order valence-corrected chi connectivity index (χ3v) is 5.07. The molecule has 4 rings (SSSR count). The normalized spacial score (nSPS) is 28.0. The minimum Gasteiger partial charge on any atom is -0.335 e. The molecule has 2 fully saturated rings. The second kappa shape index (κ2) is 4.81. The molecule has 4 heteroatoms. The van der Waals surface area contributed by atoms with Gasteiger partial charge in [-0.15, -0.1) is 0 Å². The van der Waals surface area contributed by atoms with Crippen LogP contribution in [0.2, 0.25) is 0 Å². The standard InChI is InChI=1S/C17H19N3O/c1-11-15-9-18-8-12(15)10-20(11)17(21)14-6-7-19-16-5-3-2-4-13(14)16/h2-7,11-12,15,18H,8-10H2,1H3. The van der Waals surface area contributed by atoms with Crippen molar-refractivity contribution in [3.63, 3.8) is 0 Å². The van der Waals surface area contributed by atoms with E-state index in [9.17, 15) is 4.79 Å². The fourth-order valence-electron chi connectivity index (χ4n) is 3.87. The number of carbonyl (C=O) groups is 1. The van der Waals surface area contributed by atoms with Crippen molar-refractivity contribution in [2.45, 2.75) is 13.0 Å². The highest BCUT2D eigenvalue weighted by molar-refractivity contribution is 6.06. The largest absolute Gasteiger partial charge is 0.335 e. The van der Waals surface area contributed by atoms with E-state index in [2.05, 4.69) is 22.1 Å². The molecule has 21 heavy (non-hydrogen) atoms. The Morgan fingerprint density at radius 3 is 3.00 bits per heavy atom. The monoisotopic (exact) mass is 281 g/mol. The maximum atomic E-state index is 13.0. The van der Waals surface area contributed by atoms with E-state index in [1.807, 2.05) is 30.3 Å². The number of nitrogens with zero attached hydrogens (tertiary/aromatic N) is 2. The zero-order valence-corrected chi connectivity index (χ0v) is 12.1. The van der Waals surface area contributed by atoms with Crippen molar-refractivity contribution in [2.75, 3.05) is 19.6 Å². The van der Waals surface area contributed by atoms with Crippen molar-refractivity contribution in [1.29, 1.82) is 0 Å². The van der Waals surface area contributed by atoms with E-state index < -0.39 is 0 Å². The molecule has 2 saturated heterocycles. The smallest absolute Gasteiger partial charge is 0.254 e. The number of pyridine rings is 1. The number of fused-ring (bicyclic) bond motifs is 2. The van der Waals surface area contributed by atoms with Gasteiger partial charge in [0.15, 0.2) is 0 Å². The van der Waals surface area contributed by atoms with Crippen molar-refractivity contribution in [3.8, 4) is 0 Å². The molecule has 1 aromatic carbocycles. The molecule has 1 amide bonds. The molecule has 2 aliphatic rings. The highest BCUT2D eigenvalue weighted by atomic mass is 16.2. The molecule has 3 unspecified atom stereocenters. The number of likely N-dealkylation sites (tertiary alicyclic amines) is 1. The molecule has 2 aromatic rings. The second-order valence-electron chi connectivity index (χ2n) is 6.16. The van der Waals surface area contributed by atoms with Crippen LogP contribution in [0.5, 0.6) is 0 Å². The molecule has 3 heterocycles. The topological polar surface area (TPSA) is 45.2 Å². The van der Waals surface area contributed by atoms with Gasteiger partial charge in [-0.25, -0.2) is 0 Å². The molecule has 4 nitrogen and oxygen atoms in total. The number of hydrogen-bond donors (Lipinski definition) is 1. The molecular formula is C17H19N3O. The minimum absolute atomic E-state index is 0.149. The molecule has 1 aromatic heterocycles. The van der Waals surface area contributed by atoms with Gasteiger partial charge in [0.05, 0.1) is 11.1 Å². The minimum atomic E-state index is 0.149. The van der Waals surface area contributed by atoms with E-state index in [4.69, 9.17) is 0 Å². The van der Waals surface area contributed by atoms with Crippen LogP contribution >= 0.6 is 0 Å². The third-order valence-electron chi connectivity index (χ3n) is 5.07. The van der Waals surface area contributed by atoms with Gasteiger partial charge < -0.3 is 10.2 Å². The van der Waals surface area contributed by atoms with Crippen LogP contribution < -0.4 is 5.32 Å². The van der Waals surface area contributed by atoms with Crippen LogP contribution in [0.25, 0.3) is 10.9 Å². The van der Waals surface area contributed by atoms with Crippen LogP contribution in [0.15, 0.2) is 36.5 Å². The van der Waals surface area contributed by atoms with Gasteiger partial charge in [0.2, 0.25) is 0 Å². The summed E-state index contributed by atoms with van der Waals surface area (Å²) in [5.41, 5.74) is 1.66. The first-order valence-corrected chi connectivity index (χ1v) is 7.61. The molecule has 0 radical (unpaired) electrons. The molecule has 0 saturated carbocycles. The summed E-state index contributed by atoms with van der Waals surface area (Å²) in [6, 6.07) is 10.0. The van der Waals surface area contributed by atoms with Crippen LogP contribution in [0.4, 0.5) is 0 Å².